The number of ether oxygens (including phenoxy) is 2. The second kappa shape index (κ2) is 5.99. The summed E-state index contributed by atoms with van der Waals surface area (Å²) in [6.07, 6.45) is 3.47. The minimum Gasteiger partial charge on any atom is -0.384 e. The van der Waals surface area contributed by atoms with Gasteiger partial charge in [0.15, 0.2) is 0 Å². The Morgan fingerprint density at radius 3 is 2.90 bits per heavy atom. The maximum absolute atomic E-state index is 12.2. The minimum atomic E-state index is -0.170. The van der Waals surface area contributed by atoms with E-state index < -0.39 is 0 Å². The molecule has 1 amide bonds. The molecule has 2 saturated heterocycles. The van der Waals surface area contributed by atoms with Crippen molar-refractivity contribution in [1.29, 1.82) is 0 Å². The molecule has 1 spiro atoms. The number of rotatable bonds is 2. The Hall–Kier alpha value is -1.66. The maximum atomic E-state index is 12.2. The molecule has 3 N–H and O–H groups in total. The zero-order valence-electron chi connectivity index (χ0n) is 12.0. The van der Waals surface area contributed by atoms with Crippen molar-refractivity contribution in [2.45, 2.75) is 37.3 Å². The van der Waals surface area contributed by atoms with Gasteiger partial charge in [-0.1, -0.05) is 6.07 Å². The molecule has 2 fully saturated rings. The lowest BCUT2D eigenvalue weighted by Gasteiger charge is -2.43. The summed E-state index contributed by atoms with van der Waals surface area (Å²) in [4.78, 5) is 16.3. The first-order chi connectivity index (χ1) is 10.2. The van der Waals surface area contributed by atoms with Gasteiger partial charge in [-0.25, -0.2) is 4.98 Å². The third-order valence-corrected chi connectivity index (χ3v) is 4.24. The van der Waals surface area contributed by atoms with Gasteiger partial charge in [-0.3, -0.25) is 4.79 Å². The van der Waals surface area contributed by atoms with Gasteiger partial charge in [0, 0.05) is 25.9 Å². The molecule has 3 heterocycles. The highest BCUT2D eigenvalue weighted by Gasteiger charge is 2.39. The van der Waals surface area contributed by atoms with Gasteiger partial charge in [0.05, 0.1) is 5.60 Å². The Bertz CT molecular complexity index is 509. The van der Waals surface area contributed by atoms with E-state index in [1.54, 1.807) is 18.2 Å². The summed E-state index contributed by atoms with van der Waals surface area (Å²) >= 11 is 0. The molecule has 2 aliphatic rings. The number of nitrogens with two attached hydrogens (primary N) is 1. The van der Waals surface area contributed by atoms with Crippen LogP contribution in [-0.4, -0.2) is 42.4 Å². The van der Waals surface area contributed by atoms with Gasteiger partial charge < -0.3 is 20.5 Å². The Labute approximate surface area is 124 Å². The van der Waals surface area contributed by atoms with Crippen LogP contribution in [0.1, 0.15) is 36.2 Å². The second-order valence-electron chi connectivity index (χ2n) is 5.75. The summed E-state index contributed by atoms with van der Waals surface area (Å²) in [6, 6.07) is 5.20. The summed E-state index contributed by atoms with van der Waals surface area (Å²) in [6.45, 7) is 2.14. The number of nitrogen functional groups attached to an aromatic ring is 1. The molecule has 1 unspecified atom stereocenters. The molecule has 0 saturated carbocycles. The minimum absolute atomic E-state index is 0.118. The highest BCUT2D eigenvalue weighted by molar-refractivity contribution is 5.92. The van der Waals surface area contributed by atoms with Gasteiger partial charge in [0.1, 0.15) is 11.5 Å². The van der Waals surface area contributed by atoms with E-state index in [1.165, 1.54) is 0 Å². The van der Waals surface area contributed by atoms with E-state index >= 15 is 0 Å². The van der Waals surface area contributed by atoms with Crippen molar-refractivity contribution in [3.63, 3.8) is 0 Å². The monoisotopic (exact) mass is 291 g/mol. The number of aromatic nitrogens is 1. The maximum Gasteiger partial charge on any atom is 0.270 e. The van der Waals surface area contributed by atoms with Gasteiger partial charge in [0.25, 0.3) is 5.91 Å². The smallest absolute Gasteiger partial charge is 0.270 e. The average molecular weight is 291 g/mol. The first-order valence-electron chi connectivity index (χ1n) is 7.42. The highest BCUT2D eigenvalue weighted by atomic mass is 16.5. The Morgan fingerprint density at radius 2 is 2.14 bits per heavy atom. The van der Waals surface area contributed by atoms with E-state index in [1.807, 2.05) is 0 Å². The third-order valence-electron chi connectivity index (χ3n) is 4.24. The lowest BCUT2D eigenvalue weighted by molar-refractivity contribution is -0.139. The van der Waals surface area contributed by atoms with Crippen LogP contribution in [0.2, 0.25) is 0 Å². The molecule has 0 bridgehead atoms. The number of hydrogen-bond acceptors (Lipinski definition) is 5. The van der Waals surface area contributed by atoms with Crippen LogP contribution < -0.4 is 11.1 Å². The highest BCUT2D eigenvalue weighted by Crippen LogP contribution is 2.34. The largest absolute Gasteiger partial charge is 0.384 e. The van der Waals surface area contributed by atoms with E-state index in [9.17, 15) is 4.79 Å². The molecule has 114 valence electrons. The van der Waals surface area contributed by atoms with Crippen molar-refractivity contribution in [2.24, 2.45) is 0 Å². The van der Waals surface area contributed by atoms with Crippen LogP contribution in [0.5, 0.6) is 0 Å². The topological polar surface area (TPSA) is 86.5 Å². The number of carbonyl (C=O) groups excluding carboxylic acids is 1. The van der Waals surface area contributed by atoms with Crippen LogP contribution in [0.4, 0.5) is 5.82 Å². The lowest BCUT2D eigenvalue weighted by atomic mass is 9.84. The van der Waals surface area contributed by atoms with Crippen LogP contribution >= 0.6 is 0 Å². The van der Waals surface area contributed by atoms with Gasteiger partial charge in [-0.2, -0.15) is 0 Å². The molecule has 6 heteroatoms. The zero-order chi connectivity index (χ0) is 14.7. The van der Waals surface area contributed by atoms with E-state index in [4.69, 9.17) is 15.2 Å². The molecule has 3 rings (SSSR count). The van der Waals surface area contributed by atoms with Gasteiger partial charge in [-0.15, -0.1) is 0 Å². The zero-order valence-corrected chi connectivity index (χ0v) is 12.0. The second-order valence-corrected chi connectivity index (χ2v) is 5.75. The van der Waals surface area contributed by atoms with Crippen LogP contribution in [0.15, 0.2) is 18.2 Å². The Kier molecular flexibility index (Phi) is 4.07. The molecule has 0 aromatic carbocycles. The number of amides is 1. The number of hydrogen-bond donors (Lipinski definition) is 2. The summed E-state index contributed by atoms with van der Waals surface area (Å²) in [5.41, 5.74) is 5.85. The fourth-order valence-electron chi connectivity index (χ4n) is 3.08. The van der Waals surface area contributed by atoms with Gasteiger partial charge in [0.2, 0.25) is 0 Å². The third kappa shape index (κ3) is 3.33. The van der Waals surface area contributed by atoms with Crippen molar-refractivity contribution in [3.8, 4) is 0 Å². The average Bonchev–Trinajstić information content (AvgIpc) is 2.48. The first-order valence-corrected chi connectivity index (χ1v) is 7.42. The molecule has 1 aromatic rings. The SMILES string of the molecule is Nc1cccc(C(=O)NC2CCOC3(CCOCC3)C2)n1. The molecule has 21 heavy (non-hydrogen) atoms. The lowest BCUT2D eigenvalue weighted by Crippen LogP contribution is -2.51. The van der Waals surface area contributed by atoms with Crippen molar-refractivity contribution in [1.82, 2.24) is 10.3 Å². The number of pyridine rings is 1. The quantitative estimate of drug-likeness (QED) is 0.852. The molecule has 6 nitrogen and oxygen atoms in total. The number of nitrogens with zero attached hydrogens (tertiary/aromatic N) is 1. The molecular weight excluding hydrogens is 270 g/mol. The number of anilines is 1. The number of nitrogens with one attached hydrogen (secondary N) is 1. The van der Waals surface area contributed by atoms with Crippen molar-refractivity contribution in [3.05, 3.63) is 23.9 Å². The molecular formula is C15H21N3O3. The van der Waals surface area contributed by atoms with Crippen molar-refractivity contribution >= 4 is 11.7 Å². The van der Waals surface area contributed by atoms with Crippen LogP contribution in [0, 0.1) is 0 Å². The fourth-order valence-corrected chi connectivity index (χ4v) is 3.08. The molecule has 1 atom stereocenters. The van der Waals surface area contributed by atoms with Crippen LogP contribution in [-0.2, 0) is 9.47 Å². The summed E-state index contributed by atoms with van der Waals surface area (Å²) in [7, 11) is 0. The van der Waals surface area contributed by atoms with Crippen LogP contribution in [0.25, 0.3) is 0 Å². The molecule has 2 aliphatic heterocycles. The molecule has 0 radical (unpaired) electrons. The Balaban J connectivity index is 1.63. The van der Waals surface area contributed by atoms with E-state index in [0.717, 1.165) is 38.9 Å². The van der Waals surface area contributed by atoms with Crippen molar-refractivity contribution in [2.75, 3.05) is 25.6 Å². The van der Waals surface area contributed by atoms with E-state index in [2.05, 4.69) is 10.3 Å². The summed E-state index contributed by atoms with van der Waals surface area (Å²) < 4.78 is 11.4. The van der Waals surface area contributed by atoms with Gasteiger partial charge in [-0.05, 0) is 37.8 Å². The standard InChI is InChI=1S/C15H21N3O3/c16-13-3-1-2-12(18-13)14(19)17-11-4-7-21-15(10-11)5-8-20-9-6-15/h1-3,11H,4-10H2,(H2,16,18)(H,17,19). The van der Waals surface area contributed by atoms with E-state index in [-0.39, 0.29) is 17.6 Å². The predicted molar refractivity (Wildman–Crippen MR) is 77.9 cm³/mol. The van der Waals surface area contributed by atoms with Gasteiger partial charge >= 0.3 is 0 Å². The summed E-state index contributed by atoms with van der Waals surface area (Å²) in [5.74, 6) is 0.187. The first kappa shape index (κ1) is 14.3. The molecule has 0 aliphatic carbocycles. The van der Waals surface area contributed by atoms with Crippen LogP contribution in [0.3, 0.4) is 0 Å². The number of carbonyl (C=O) groups is 1. The van der Waals surface area contributed by atoms with E-state index in [0.29, 0.717) is 18.1 Å². The van der Waals surface area contributed by atoms with Crippen molar-refractivity contribution < 1.29 is 14.3 Å². The molecule has 1 aromatic heterocycles. The predicted octanol–water partition coefficient (Wildman–Crippen LogP) is 1.12. The summed E-state index contributed by atoms with van der Waals surface area (Å²) in [5, 5.41) is 3.06. The normalized spacial score (nSPS) is 24.7. The Morgan fingerprint density at radius 1 is 1.33 bits per heavy atom. The fraction of sp³-hybridized carbons (Fsp3) is 0.600.